The van der Waals surface area contributed by atoms with Gasteiger partial charge < -0.3 is 5.73 Å². The van der Waals surface area contributed by atoms with E-state index in [1.165, 1.54) is 57.9 Å². The summed E-state index contributed by atoms with van der Waals surface area (Å²) in [6.07, 6.45) is 10.9. The number of likely N-dealkylation sites (tertiary alicyclic amines) is 1. The van der Waals surface area contributed by atoms with Crippen LogP contribution in [-0.4, -0.2) is 30.1 Å². The molecule has 0 bridgehead atoms. The Hall–Kier alpha value is -0.0800. The Morgan fingerprint density at radius 2 is 1.83 bits per heavy atom. The number of hydrogen-bond acceptors (Lipinski definition) is 2. The summed E-state index contributed by atoms with van der Waals surface area (Å²) in [5.41, 5.74) is 6.01. The van der Waals surface area contributed by atoms with Crippen LogP contribution in [0.4, 0.5) is 0 Å². The zero-order chi connectivity index (χ0) is 13.4. The van der Waals surface area contributed by atoms with Crippen LogP contribution in [0.5, 0.6) is 0 Å². The Labute approximate surface area is 114 Å². The molecule has 0 radical (unpaired) electrons. The molecule has 0 aromatic carbocycles. The number of hydrogen-bond donors (Lipinski definition) is 1. The number of nitrogens with two attached hydrogens (primary N) is 1. The highest BCUT2D eigenvalue weighted by Gasteiger charge is 2.27. The van der Waals surface area contributed by atoms with Gasteiger partial charge in [0.25, 0.3) is 0 Å². The first-order valence-electron chi connectivity index (χ1n) is 8.14. The second-order valence-electron chi connectivity index (χ2n) is 6.32. The van der Waals surface area contributed by atoms with Gasteiger partial charge in [0.05, 0.1) is 0 Å². The lowest BCUT2D eigenvalue weighted by Gasteiger charge is -2.42. The lowest BCUT2D eigenvalue weighted by molar-refractivity contribution is 0.0746. The number of nitrogens with zero attached hydrogens (tertiary/aromatic N) is 1. The molecule has 3 unspecified atom stereocenters. The SMILES string of the molecule is CCCCCCCC(CN)N1CC(C)CCC1C. The van der Waals surface area contributed by atoms with Crippen LogP contribution >= 0.6 is 0 Å². The van der Waals surface area contributed by atoms with E-state index in [1.807, 2.05) is 0 Å². The maximum Gasteiger partial charge on any atom is 0.0221 e. The molecule has 0 aromatic heterocycles. The van der Waals surface area contributed by atoms with Crippen LogP contribution in [0.2, 0.25) is 0 Å². The van der Waals surface area contributed by atoms with Crippen LogP contribution in [0.3, 0.4) is 0 Å². The van der Waals surface area contributed by atoms with Crippen LogP contribution in [0, 0.1) is 5.92 Å². The summed E-state index contributed by atoms with van der Waals surface area (Å²) in [5.74, 6) is 0.857. The summed E-state index contributed by atoms with van der Waals surface area (Å²) >= 11 is 0. The monoisotopic (exact) mass is 254 g/mol. The summed E-state index contributed by atoms with van der Waals surface area (Å²) in [6, 6.07) is 1.37. The van der Waals surface area contributed by atoms with Crippen LogP contribution in [0.15, 0.2) is 0 Å². The predicted octanol–water partition coefficient (Wildman–Crippen LogP) is 3.79. The van der Waals surface area contributed by atoms with E-state index in [-0.39, 0.29) is 0 Å². The number of piperidine rings is 1. The molecule has 2 heteroatoms. The summed E-state index contributed by atoms with van der Waals surface area (Å²) in [6.45, 7) is 9.14. The van der Waals surface area contributed by atoms with Crippen molar-refractivity contribution in [3.63, 3.8) is 0 Å². The van der Waals surface area contributed by atoms with Gasteiger partial charge in [-0.1, -0.05) is 46.0 Å². The van der Waals surface area contributed by atoms with E-state index in [0.29, 0.717) is 6.04 Å². The van der Waals surface area contributed by atoms with Gasteiger partial charge in [0.1, 0.15) is 0 Å². The molecule has 0 aromatic rings. The topological polar surface area (TPSA) is 29.3 Å². The fourth-order valence-corrected chi connectivity index (χ4v) is 3.23. The number of unbranched alkanes of at least 4 members (excludes halogenated alkanes) is 4. The van der Waals surface area contributed by atoms with Crippen molar-refractivity contribution in [1.82, 2.24) is 4.90 Å². The van der Waals surface area contributed by atoms with Gasteiger partial charge in [0.15, 0.2) is 0 Å². The van der Waals surface area contributed by atoms with E-state index in [4.69, 9.17) is 5.73 Å². The van der Waals surface area contributed by atoms with Gasteiger partial charge in [0, 0.05) is 25.2 Å². The first-order valence-corrected chi connectivity index (χ1v) is 8.14. The van der Waals surface area contributed by atoms with E-state index in [2.05, 4.69) is 25.7 Å². The van der Waals surface area contributed by atoms with Gasteiger partial charge in [-0.25, -0.2) is 0 Å². The Bertz CT molecular complexity index is 205. The first kappa shape index (κ1) is 16.0. The fourth-order valence-electron chi connectivity index (χ4n) is 3.23. The van der Waals surface area contributed by atoms with Crippen LogP contribution in [0.1, 0.15) is 72.1 Å². The third-order valence-electron chi connectivity index (χ3n) is 4.55. The maximum atomic E-state index is 6.01. The summed E-state index contributed by atoms with van der Waals surface area (Å²) in [7, 11) is 0. The zero-order valence-electron chi connectivity index (χ0n) is 12.8. The average molecular weight is 254 g/mol. The Kier molecular flexibility index (Phi) is 7.92. The normalized spacial score (nSPS) is 27.3. The Balaban J connectivity index is 2.30. The van der Waals surface area contributed by atoms with Crippen LogP contribution in [0.25, 0.3) is 0 Å². The minimum absolute atomic E-state index is 0.629. The number of rotatable bonds is 8. The van der Waals surface area contributed by atoms with Crippen molar-refractivity contribution in [3.05, 3.63) is 0 Å². The molecule has 3 atom stereocenters. The summed E-state index contributed by atoms with van der Waals surface area (Å²) in [5, 5.41) is 0. The molecule has 1 saturated heterocycles. The molecule has 0 saturated carbocycles. The second-order valence-corrected chi connectivity index (χ2v) is 6.32. The minimum atomic E-state index is 0.629. The van der Waals surface area contributed by atoms with Crippen molar-refractivity contribution in [3.8, 4) is 0 Å². The van der Waals surface area contributed by atoms with Crippen LogP contribution < -0.4 is 5.73 Å². The third-order valence-corrected chi connectivity index (χ3v) is 4.55. The molecule has 1 aliphatic rings. The Morgan fingerprint density at radius 1 is 1.11 bits per heavy atom. The van der Waals surface area contributed by atoms with Gasteiger partial charge in [-0.05, 0) is 32.1 Å². The maximum absolute atomic E-state index is 6.01. The molecule has 0 amide bonds. The quantitative estimate of drug-likeness (QED) is 0.668. The lowest BCUT2D eigenvalue weighted by atomic mass is 9.92. The van der Waals surface area contributed by atoms with Crippen molar-refractivity contribution >= 4 is 0 Å². The van der Waals surface area contributed by atoms with Gasteiger partial charge >= 0.3 is 0 Å². The van der Waals surface area contributed by atoms with Crippen LogP contribution in [-0.2, 0) is 0 Å². The molecule has 18 heavy (non-hydrogen) atoms. The smallest absolute Gasteiger partial charge is 0.0221 e. The second kappa shape index (κ2) is 8.92. The largest absolute Gasteiger partial charge is 0.329 e. The first-order chi connectivity index (χ1) is 8.69. The molecule has 2 N–H and O–H groups in total. The third kappa shape index (κ3) is 5.27. The molecule has 0 aliphatic carbocycles. The molecule has 2 nitrogen and oxygen atoms in total. The van der Waals surface area contributed by atoms with Gasteiger partial charge in [-0.15, -0.1) is 0 Å². The highest BCUT2D eigenvalue weighted by Crippen LogP contribution is 2.25. The zero-order valence-corrected chi connectivity index (χ0v) is 12.8. The molecule has 0 spiro atoms. The molecule has 1 fully saturated rings. The minimum Gasteiger partial charge on any atom is -0.329 e. The predicted molar refractivity (Wildman–Crippen MR) is 80.8 cm³/mol. The highest BCUT2D eigenvalue weighted by molar-refractivity contribution is 4.83. The lowest BCUT2D eigenvalue weighted by Crippen LogP contribution is -2.50. The van der Waals surface area contributed by atoms with Crippen molar-refractivity contribution in [2.45, 2.75) is 84.2 Å². The molecule has 1 heterocycles. The fraction of sp³-hybridized carbons (Fsp3) is 1.00. The molecular weight excluding hydrogens is 220 g/mol. The van der Waals surface area contributed by atoms with Gasteiger partial charge in [-0.2, -0.15) is 0 Å². The van der Waals surface area contributed by atoms with E-state index >= 15 is 0 Å². The molecule has 1 aliphatic heterocycles. The van der Waals surface area contributed by atoms with Crippen molar-refractivity contribution < 1.29 is 0 Å². The molecule has 1 rings (SSSR count). The van der Waals surface area contributed by atoms with Crippen molar-refractivity contribution in [2.24, 2.45) is 11.7 Å². The van der Waals surface area contributed by atoms with Crippen molar-refractivity contribution in [2.75, 3.05) is 13.1 Å². The Morgan fingerprint density at radius 3 is 2.50 bits per heavy atom. The van der Waals surface area contributed by atoms with E-state index in [1.54, 1.807) is 0 Å². The van der Waals surface area contributed by atoms with E-state index < -0.39 is 0 Å². The summed E-state index contributed by atoms with van der Waals surface area (Å²) < 4.78 is 0. The highest BCUT2D eigenvalue weighted by atomic mass is 15.2. The van der Waals surface area contributed by atoms with Gasteiger partial charge in [-0.3, -0.25) is 4.90 Å². The van der Waals surface area contributed by atoms with Gasteiger partial charge in [0.2, 0.25) is 0 Å². The standard InChI is InChI=1S/C16H34N2/c1-4-5-6-7-8-9-16(12-17)18-13-14(2)10-11-15(18)3/h14-16H,4-13,17H2,1-3H3. The summed E-state index contributed by atoms with van der Waals surface area (Å²) in [4.78, 5) is 2.69. The molecular formula is C16H34N2. The average Bonchev–Trinajstić information content (AvgIpc) is 2.37. The van der Waals surface area contributed by atoms with E-state index in [9.17, 15) is 0 Å². The van der Waals surface area contributed by atoms with E-state index in [0.717, 1.165) is 18.5 Å². The molecule has 108 valence electrons. The van der Waals surface area contributed by atoms with Crippen molar-refractivity contribution in [1.29, 1.82) is 0 Å².